The highest BCUT2D eigenvalue weighted by Gasteiger charge is 2.15. The maximum absolute atomic E-state index is 12.4. The van der Waals surface area contributed by atoms with Crippen molar-refractivity contribution in [3.05, 3.63) is 63.8 Å². The molecule has 0 aliphatic rings. The Morgan fingerprint density at radius 1 is 1.23 bits per heavy atom. The summed E-state index contributed by atoms with van der Waals surface area (Å²) in [4.78, 5) is 20.5. The van der Waals surface area contributed by atoms with Crippen LogP contribution in [0.4, 0.5) is 0 Å². The predicted molar refractivity (Wildman–Crippen MR) is 107 cm³/mol. The number of carbonyl (C=O) groups excluding carboxylic acids is 1. The normalized spacial score (nSPS) is 11.4. The van der Waals surface area contributed by atoms with Gasteiger partial charge in [-0.1, -0.05) is 29.3 Å². The summed E-state index contributed by atoms with van der Waals surface area (Å²) in [7, 11) is 0. The molecule has 1 aromatic heterocycles. The summed E-state index contributed by atoms with van der Waals surface area (Å²) in [6, 6.07) is 10.5. The van der Waals surface area contributed by atoms with Crippen molar-refractivity contribution < 1.29 is 4.79 Å². The van der Waals surface area contributed by atoms with Crippen LogP contribution in [-0.2, 0) is 0 Å². The number of nitrogens with two attached hydrogens (primary N) is 1. The average molecular weight is 382 g/mol. The van der Waals surface area contributed by atoms with Crippen LogP contribution in [0.1, 0.15) is 15.9 Å². The van der Waals surface area contributed by atoms with Crippen LogP contribution in [0.2, 0.25) is 10.0 Å². The standard InChI is InChI=1S/C20H13Cl2N3O/c1-3-17(23)25-20(26)12-9-11(2)19-14(10-12)13(7-8-24-19)18-15(21)5-4-6-16(18)22/h1,4-10H,2H3,(H2,23,25,26). The first kappa shape index (κ1) is 17.9. The summed E-state index contributed by atoms with van der Waals surface area (Å²) in [5, 5.41) is 1.75. The van der Waals surface area contributed by atoms with Gasteiger partial charge in [0.2, 0.25) is 0 Å². The molecule has 2 aromatic carbocycles. The van der Waals surface area contributed by atoms with Gasteiger partial charge in [-0.05, 0) is 54.3 Å². The van der Waals surface area contributed by atoms with E-state index in [0.717, 1.165) is 22.0 Å². The molecule has 26 heavy (non-hydrogen) atoms. The van der Waals surface area contributed by atoms with E-state index < -0.39 is 5.91 Å². The van der Waals surface area contributed by atoms with Gasteiger partial charge in [-0.25, -0.2) is 0 Å². The fourth-order valence-electron chi connectivity index (χ4n) is 2.74. The molecule has 0 aliphatic carbocycles. The first-order valence-corrected chi connectivity index (χ1v) is 8.37. The molecule has 3 rings (SSSR count). The van der Waals surface area contributed by atoms with Gasteiger partial charge in [-0.2, -0.15) is 4.99 Å². The van der Waals surface area contributed by atoms with Gasteiger partial charge in [-0.15, -0.1) is 6.42 Å². The molecule has 2 N–H and O–H groups in total. The number of benzene rings is 2. The molecule has 0 atom stereocenters. The number of amides is 1. The molecule has 0 spiro atoms. The number of terminal acetylenes is 1. The van der Waals surface area contributed by atoms with Crippen LogP contribution in [0.15, 0.2) is 47.6 Å². The molecule has 4 nitrogen and oxygen atoms in total. The molecule has 0 fully saturated rings. The molecular formula is C20H13Cl2N3O. The highest BCUT2D eigenvalue weighted by atomic mass is 35.5. The second-order valence-corrected chi connectivity index (χ2v) is 6.41. The van der Waals surface area contributed by atoms with Crippen LogP contribution in [0.25, 0.3) is 22.0 Å². The second kappa shape index (κ2) is 7.17. The SMILES string of the molecule is C#C/C(N)=N\C(=O)c1cc(C)c2nccc(-c3c(Cl)cccc3Cl)c2c1. The zero-order chi connectivity index (χ0) is 18.8. The van der Waals surface area contributed by atoms with E-state index >= 15 is 0 Å². The van der Waals surface area contributed by atoms with E-state index in [-0.39, 0.29) is 5.84 Å². The Morgan fingerprint density at radius 3 is 2.58 bits per heavy atom. The van der Waals surface area contributed by atoms with Crippen molar-refractivity contribution in [2.45, 2.75) is 6.92 Å². The zero-order valence-electron chi connectivity index (χ0n) is 13.8. The maximum atomic E-state index is 12.4. The van der Waals surface area contributed by atoms with Crippen molar-refractivity contribution in [2.75, 3.05) is 0 Å². The van der Waals surface area contributed by atoms with Crippen molar-refractivity contribution >= 4 is 45.8 Å². The predicted octanol–water partition coefficient (Wildman–Crippen LogP) is 4.65. The summed E-state index contributed by atoms with van der Waals surface area (Å²) in [5.41, 5.74) is 8.83. The fourth-order valence-corrected chi connectivity index (χ4v) is 3.34. The summed E-state index contributed by atoms with van der Waals surface area (Å²) in [6.07, 6.45) is 6.84. The van der Waals surface area contributed by atoms with Crippen LogP contribution in [-0.4, -0.2) is 16.7 Å². The maximum Gasteiger partial charge on any atom is 0.279 e. The first-order valence-electron chi connectivity index (χ1n) is 7.61. The molecule has 0 unspecified atom stereocenters. The highest BCUT2D eigenvalue weighted by Crippen LogP contribution is 2.38. The number of halogens is 2. The number of hydrogen-bond donors (Lipinski definition) is 1. The van der Waals surface area contributed by atoms with Crippen LogP contribution in [0, 0.1) is 19.3 Å². The lowest BCUT2D eigenvalue weighted by Gasteiger charge is -2.12. The monoisotopic (exact) mass is 381 g/mol. The van der Waals surface area contributed by atoms with E-state index in [1.807, 2.05) is 13.0 Å². The molecule has 128 valence electrons. The molecule has 1 amide bonds. The van der Waals surface area contributed by atoms with Gasteiger partial charge in [-0.3, -0.25) is 9.78 Å². The summed E-state index contributed by atoms with van der Waals surface area (Å²) in [5.74, 6) is 1.43. The Labute approximate surface area is 160 Å². The Morgan fingerprint density at radius 2 is 1.92 bits per heavy atom. The lowest BCUT2D eigenvalue weighted by atomic mass is 9.97. The van der Waals surface area contributed by atoms with E-state index in [0.29, 0.717) is 21.2 Å². The second-order valence-electron chi connectivity index (χ2n) is 5.59. The minimum Gasteiger partial charge on any atom is -0.376 e. The van der Waals surface area contributed by atoms with E-state index in [1.165, 1.54) is 0 Å². The molecule has 6 heteroatoms. The number of carbonyl (C=O) groups is 1. The van der Waals surface area contributed by atoms with Gasteiger partial charge in [0.25, 0.3) is 5.91 Å². The van der Waals surface area contributed by atoms with Gasteiger partial charge in [0.05, 0.1) is 5.52 Å². The highest BCUT2D eigenvalue weighted by molar-refractivity contribution is 6.39. The molecule has 0 bridgehead atoms. The van der Waals surface area contributed by atoms with E-state index in [9.17, 15) is 4.79 Å². The van der Waals surface area contributed by atoms with E-state index in [1.54, 1.807) is 36.5 Å². The zero-order valence-corrected chi connectivity index (χ0v) is 15.3. The Bertz CT molecular complexity index is 1090. The molecule has 1 heterocycles. The third kappa shape index (κ3) is 3.28. The smallest absolute Gasteiger partial charge is 0.279 e. The minimum atomic E-state index is -0.523. The van der Waals surface area contributed by atoms with Crippen molar-refractivity contribution in [2.24, 2.45) is 10.7 Å². The van der Waals surface area contributed by atoms with Gasteiger partial charge < -0.3 is 5.73 Å². The third-order valence-corrected chi connectivity index (χ3v) is 4.51. The van der Waals surface area contributed by atoms with E-state index in [2.05, 4.69) is 15.9 Å². The number of hydrogen-bond acceptors (Lipinski definition) is 2. The molecular weight excluding hydrogens is 369 g/mol. The Hall–Kier alpha value is -2.87. The van der Waals surface area contributed by atoms with Crippen LogP contribution in [0.3, 0.4) is 0 Å². The van der Waals surface area contributed by atoms with Gasteiger partial charge in [0.15, 0.2) is 5.84 Å². The van der Waals surface area contributed by atoms with Gasteiger partial charge in [0.1, 0.15) is 0 Å². The lowest BCUT2D eigenvalue weighted by molar-refractivity contribution is 0.100. The molecule has 0 saturated heterocycles. The molecule has 0 aliphatic heterocycles. The number of pyridine rings is 1. The third-order valence-electron chi connectivity index (χ3n) is 3.88. The first-order chi connectivity index (χ1) is 12.4. The fraction of sp³-hybridized carbons (Fsp3) is 0.0500. The number of nitrogens with zero attached hydrogens (tertiary/aromatic N) is 2. The number of fused-ring (bicyclic) bond motifs is 1. The van der Waals surface area contributed by atoms with Crippen molar-refractivity contribution in [1.82, 2.24) is 4.98 Å². The minimum absolute atomic E-state index is 0.173. The summed E-state index contributed by atoms with van der Waals surface area (Å²) in [6.45, 7) is 1.86. The van der Waals surface area contributed by atoms with Crippen molar-refractivity contribution in [3.63, 3.8) is 0 Å². The number of aliphatic imine (C=N–C) groups is 1. The lowest BCUT2D eigenvalue weighted by Crippen LogP contribution is -2.11. The van der Waals surface area contributed by atoms with Gasteiger partial charge >= 0.3 is 0 Å². The largest absolute Gasteiger partial charge is 0.376 e. The molecule has 0 saturated carbocycles. The Kier molecular flexibility index (Phi) is 4.94. The average Bonchev–Trinajstić information content (AvgIpc) is 2.61. The van der Waals surface area contributed by atoms with Crippen LogP contribution >= 0.6 is 23.2 Å². The number of rotatable bonds is 2. The van der Waals surface area contributed by atoms with Crippen LogP contribution < -0.4 is 5.73 Å². The number of amidine groups is 1. The van der Waals surface area contributed by atoms with Gasteiger partial charge in [0, 0.05) is 32.8 Å². The topological polar surface area (TPSA) is 68.3 Å². The molecule has 3 aromatic rings. The number of aromatic nitrogens is 1. The van der Waals surface area contributed by atoms with Crippen LogP contribution in [0.5, 0.6) is 0 Å². The number of aryl methyl sites for hydroxylation is 1. The van der Waals surface area contributed by atoms with Crippen molar-refractivity contribution in [1.29, 1.82) is 0 Å². The quantitative estimate of drug-likeness (QED) is 0.399. The summed E-state index contributed by atoms with van der Waals surface area (Å²) >= 11 is 12.7. The Balaban J connectivity index is 2.30. The van der Waals surface area contributed by atoms with E-state index in [4.69, 9.17) is 35.4 Å². The van der Waals surface area contributed by atoms with Crippen molar-refractivity contribution in [3.8, 4) is 23.5 Å². The molecule has 0 radical (unpaired) electrons. The summed E-state index contributed by atoms with van der Waals surface area (Å²) < 4.78 is 0.